The van der Waals surface area contributed by atoms with Gasteiger partial charge >= 0.3 is 6.18 Å². The Kier molecular flexibility index (Phi) is 5.23. The first-order valence-electron chi connectivity index (χ1n) is 9.73. The molecular formula is C20H23F3N4O3. The molecule has 1 unspecified atom stereocenters. The summed E-state index contributed by atoms with van der Waals surface area (Å²) < 4.78 is 48.7. The van der Waals surface area contributed by atoms with Gasteiger partial charge in [-0.2, -0.15) is 18.2 Å². The van der Waals surface area contributed by atoms with Crippen LogP contribution in [0.2, 0.25) is 0 Å². The average molecular weight is 424 g/mol. The number of anilines is 2. The van der Waals surface area contributed by atoms with E-state index >= 15 is 0 Å². The fraction of sp³-hybridized carbons (Fsp3) is 0.500. The third kappa shape index (κ3) is 3.54. The van der Waals surface area contributed by atoms with Gasteiger partial charge < -0.3 is 19.6 Å². The average Bonchev–Trinajstić information content (AvgIpc) is 3.03. The summed E-state index contributed by atoms with van der Waals surface area (Å²) in [6.45, 7) is 2.01. The predicted octanol–water partition coefficient (Wildman–Crippen LogP) is 1.95. The molecule has 2 aliphatic rings. The summed E-state index contributed by atoms with van der Waals surface area (Å²) >= 11 is 0. The van der Waals surface area contributed by atoms with Crippen molar-refractivity contribution in [2.75, 3.05) is 42.6 Å². The lowest BCUT2D eigenvalue weighted by atomic mass is 9.99. The monoisotopic (exact) mass is 424 g/mol. The number of morpholine rings is 1. The molecule has 0 spiro atoms. The first kappa shape index (κ1) is 20.7. The molecule has 2 aromatic rings. The van der Waals surface area contributed by atoms with Gasteiger partial charge in [-0.25, -0.2) is 0 Å². The van der Waals surface area contributed by atoms with Crippen LogP contribution in [0.5, 0.6) is 0 Å². The van der Waals surface area contributed by atoms with Crippen LogP contribution in [0.25, 0.3) is 0 Å². The molecule has 0 radical (unpaired) electrons. The quantitative estimate of drug-likeness (QED) is 0.809. The minimum Gasteiger partial charge on any atom is -0.387 e. The smallest absolute Gasteiger partial charge is 0.387 e. The molecule has 30 heavy (non-hydrogen) atoms. The maximum Gasteiger partial charge on any atom is 0.413 e. The van der Waals surface area contributed by atoms with Gasteiger partial charge in [0.15, 0.2) is 5.54 Å². The van der Waals surface area contributed by atoms with Gasteiger partial charge in [0.05, 0.1) is 32.4 Å². The molecule has 4 rings (SSSR count). The number of alkyl halides is 3. The maximum absolute atomic E-state index is 14.1. The first-order valence-corrected chi connectivity index (χ1v) is 9.73. The molecule has 1 aromatic heterocycles. The summed E-state index contributed by atoms with van der Waals surface area (Å²) in [7, 11) is 0. The van der Waals surface area contributed by atoms with Crippen molar-refractivity contribution in [1.29, 1.82) is 0 Å². The SMILES string of the molecule is CC1(C(F)(F)F)Cn2c(nc(N3CCOCC3)cc2=O)N1C[C@H](O)c1ccccc1. The van der Waals surface area contributed by atoms with Crippen molar-refractivity contribution in [2.45, 2.75) is 31.3 Å². The van der Waals surface area contributed by atoms with Crippen molar-refractivity contribution in [3.63, 3.8) is 0 Å². The highest BCUT2D eigenvalue weighted by Crippen LogP contribution is 2.44. The molecule has 0 amide bonds. The Bertz CT molecular complexity index is 960. The molecule has 0 aliphatic carbocycles. The lowest BCUT2D eigenvalue weighted by Gasteiger charge is -2.38. The fourth-order valence-corrected chi connectivity index (χ4v) is 3.88. The summed E-state index contributed by atoms with van der Waals surface area (Å²) in [5.74, 6) is 0.235. The van der Waals surface area contributed by atoms with E-state index in [9.17, 15) is 23.1 Å². The van der Waals surface area contributed by atoms with Gasteiger partial charge in [0, 0.05) is 19.2 Å². The van der Waals surface area contributed by atoms with Crippen LogP contribution in [0.15, 0.2) is 41.2 Å². The number of benzene rings is 1. The highest BCUT2D eigenvalue weighted by molar-refractivity contribution is 5.50. The van der Waals surface area contributed by atoms with Gasteiger partial charge in [-0.15, -0.1) is 0 Å². The Morgan fingerprint density at radius 1 is 1.23 bits per heavy atom. The van der Waals surface area contributed by atoms with Crippen LogP contribution in [-0.4, -0.2) is 59.2 Å². The van der Waals surface area contributed by atoms with Crippen LogP contribution in [0.3, 0.4) is 0 Å². The molecule has 7 nitrogen and oxygen atoms in total. The molecule has 10 heteroatoms. The Hall–Kier alpha value is -2.59. The number of rotatable bonds is 4. The van der Waals surface area contributed by atoms with E-state index in [-0.39, 0.29) is 12.5 Å². The van der Waals surface area contributed by atoms with E-state index in [1.54, 1.807) is 30.3 Å². The number of hydrogen-bond donors (Lipinski definition) is 1. The molecule has 1 aromatic carbocycles. The Morgan fingerprint density at radius 2 is 1.90 bits per heavy atom. The van der Waals surface area contributed by atoms with Gasteiger partial charge in [-0.05, 0) is 12.5 Å². The lowest BCUT2D eigenvalue weighted by Crippen LogP contribution is -2.56. The zero-order valence-electron chi connectivity index (χ0n) is 16.5. The van der Waals surface area contributed by atoms with Crippen LogP contribution < -0.4 is 15.4 Å². The Labute approximate surface area is 171 Å². The van der Waals surface area contributed by atoms with E-state index in [0.717, 1.165) is 16.4 Å². The van der Waals surface area contributed by atoms with E-state index in [1.807, 2.05) is 4.90 Å². The Balaban J connectivity index is 1.75. The van der Waals surface area contributed by atoms with Crippen LogP contribution in [0.1, 0.15) is 18.6 Å². The molecule has 162 valence electrons. The maximum atomic E-state index is 14.1. The van der Waals surface area contributed by atoms with Gasteiger partial charge in [-0.3, -0.25) is 9.36 Å². The zero-order valence-corrected chi connectivity index (χ0v) is 16.5. The molecule has 0 bridgehead atoms. The molecule has 1 saturated heterocycles. The molecular weight excluding hydrogens is 401 g/mol. The first-order chi connectivity index (χ1) is 14.2. The van der Waals surface area contributed by atoms with Crippen LogP contribution >= 0.6 is 0 Å². The van der Waals surface area contributed by atoms with E-state index in [1.165, 1.54) is 6.07 Å². The lowest BCUT2D eigenvalue weighted by molar-refractivity contribution is -0.183. The van der Waals surface area contributed by atoms with Gasteiger partial charge in [0.25, 0.3) is 5.56 Å². The summed E-state index contributed by atoms with van der Waals surface area (Å²) in [5.41, 5.74) is -2.42. The second kappa shape index (κ2) is 7.59. The molecule has 3 heterocycles. The fourth-order valence-electron chi connectivity index (χ4n) is 3.88. The van der Waals surface area contributed by atoms with Crippen LogP contribution in [-0.2, 0) is 11.3 Å². The normalized spacial score (nSPS) is 22.8. The van der Waals surface area contributed by atoms with Crippen molar-refractivity contribution in [3.8, 4) is 0 Å². The number of fused-ring (bicyclic) bond motifs is 1. The molecule has 1 fully saturated rings. The van der Waals surface area contributed by atoms with Crippen molar-refractivity contribution in [3.05, 3.63) is 52.3 Å². The molecule has 2 aliphatic heterocycles. The second-order valence-electron chi connectivity index (χ2n) is 7.75. The van der Waals surface area contributed by atoms with Crippen LogP contribution in [0, 0.1) is 0 Å². The van der Waals surface area contributed by atoms with Crippen LogP contribution in [0.4, 0.5) is 24.9 Å². The highest BCUT2D eigenvalue weighted by atomic mass is 19.4. The number of aliphatic hydroxyl groups is 1. The van der Waals surface area contributed by atoms with Crippen molar-refractivity contribution in [1.82, 2.24) is 9.55 Å². The van der Waals surface area contributed by atoms with E-state index in [4.69, 9.17) is 4.74 Å². The number of nitrogens with zero attached hydrogens (tertiary/aromatic N) is 4. The minimum atomic E-state index is -4.64. The van der Waals surface area contributed by atoms with E-state index in [2.05, 4.69) is 4.98 Å². The number of halogens is 3. The van der Waals surface area contributed by atoms with Gasteiger partial charge in [0.2, 0.25) is 5.95 Å². The van der Waals surface area contributed by atoms with Gasteiger partial charge in [0.1, 0.15) is 5.82 Å². The number of aliphatic hydroxyl groups excluding tert-OH is 1. The molecule has 1 N–H and O–H groups in total. The summed E-state index contributed by atoms with van der Waals surface area (Å²) in [5, 5.41) is 10.6. The third-order valence-electron chi connectivity index (χ3n) is 5.76. The van der Waals surface area contributed by atoms with Crippen molar-refractivity contribution >= 4 is 11.8 Å². The summed E-state index contributed by atoms with van der Waals surface area (Å²) in [6.07, 6.45) is -5.81. The van der Waals surface area contributed by atoms with Crippen molar-refractivity contribution < 1.29 is 23.0 Å². The summed E-state index contributed by atoms with van der Waals surface area (Å²) in [6, 6.07) is 9.74. The second-order valence-corrected chi connectivity index (χ2v) is 7.75. The predicted molar refractivity (Wildman–Crippen MR) is 105 cm³/mol. The number of hydrogen-bond acceptors (Lipinski definition) is 6. The van der Waals surface area contributed by atoms with E-state index < -0.39 is 29.9 Å². The van der Waals surface area contributed by atoms with Gasteiger partial charge in [-0.1, -0.05) is 30.3 Å². The largest absolute Gasteiger partial charge is 0.413 e. The zero-order chi connectivity index (χ0) is 21.5. The number of ether oxygens (including phenoxy) is 1. The summed E-state index contributed by atoms with van der Waals surface area (Å²) in [4.78, 5) is 20.0. The van der Waals surface area contributed by atoms with E-state index in [0.29, 0.717) is 37.7 Å². The number of β-amino-alcohol motifs (C(OH)–C–C–N with tert-alkyl or cyclic N) is 1. The van der Waals surface area contributed by atoms with Crippen molar-refractivity contribution in [2.24, 2.45) is 0 Å². The number of aromatic nitrogens is 2. The standard InChI is InChI=1S/C20H23F3N4O3/c1-19(20(21,22)23)13-26-17(29)11-16(25-7-9-30-10-8-25)24-18(26)27(19)12-15(28)14-5-3-2-4-6-14/h2-6,11,15,28H,7-10,12-13H2,1H3/t15-,19?/m0/s1. The molecule has 2 atom stereocenters. The third-order valence-corrected chi connectivity index (χ3v) is 5.76. The molecule has 0 saturated carbocycles. The minimum absolute atomic E-state index is 0.0844. The Morgan fingerprint density at radius 3 is 2.53 bits per heavy atom. The highest BCUT2D eigenvalue weighted by Gasteiger charge is 2.60. The topological polar surface area (TPSA) is 70.8 Å².